The Morgan fingerprint density at radius 3 is 2.89 bits per heavy atom. The van der Waals surface area contributed by atoms with Gasteiger partial charge in [-0.15, -0.1) is 0 Å². The maximum atomic E-state index is 10.4. The topological polar surface area (TPSA) is 46.5 Å². The highest BCUT2D eigenvalue weighted by molar-refractivity contribution is 5.85. The van der Waals surface area contributed by atoms with Crippen LogP contribution in [0.25, 0.3) is 6.08 Å². The predicted molar refractivity (Wildman–Crippen MR) is 70.6 cm³/mol. The normalized spacial score (nSPS) is 16.2. The second-order valence-corrected chi connectivity index (χ2v) is 4.71. The van der Waals surface area contributed by atoms with Crippen LogP contribution >= 0.6 is 0 Å². The number of aliphatic carboxylic acids is 1. The molecule has 1 aromatic rings. The summed E-state index contributed by atoms with van der Waals surface area (Å²) in [6.07, 6.45) is 7.86. The Balaban J connectivity index is 1.91. The fourth-order valence-electron chi connectivity index (χ4n) is 2.27. The van der Waals surface area contributed by atoms with E-state index in [-0.39, 0.29) is 0 Å². The van der Waals surface area contributed by atoms with Gasteiger partial charge in [0.1, 0.15) is 5.75 Å². The molecule has 0 aromatic heterocycles. The summed E-state index contributed by atoms with van der Waals surface area (Å²) in [5.41, 5.74) is 0.848. The molecule has 96 valence electrons. The maximum absolute atomic E-state index is 10.4. The Bertz CT molecular complexity index is 431. The van der Waals surface area contributed by atoms with E-state index in [1.165, 1.54) is 25.7 Å². The summed E-state index contributed by atoms with van der Waals surface area (Å²) in [4.78, 5) is 10.4. The van der Waals surface area contributed by atoms with Gasteiger partial charge in [-0.2, -0.15) is 0 Å². The first-order valence-corrected chi connectivity index (χ1v) is 6.38. The third-order valence-electron chi connectivity index (χ3n) is 3.24. The molecule has 1 aromatic carbocycles. The first-order chi connectivity index (χ1) is 8.74. The van der Waals surface area contributed by atoms with Crippen molar-refractivity contribution in [2.45, 2.75) is 25.7 Å². The number of carbonyl (C=O) groups is 1. The minimum absolute atomic E-state index is 0.684. The molecule has 0 spiro atoms. The van der Waals surface area contributed by atoms with Crippen molar-refractivity contribution in [2.75, 3.05) is 6.61 Å². The van der Waals surface area contributed by atoms with Crippen LogP contribution in [0.3, 0.4) is 0 Å². The molecule has 0 aliphatic heterocycles. The summed E-state index contributed by atoms with van der Waals surface area (Å²) < 4.78 is 5.76. The van der Waals surface area contributed by atoms with Crippen LogP contribution in [0.5, 0.6) is 5.75 Å². The first-order valence-electron chi connectivity index (χ1n) is 6.38. The summed E-state index contributed by atoms with van der Waals surface area (Å²) >= 11 is 0. The molecule has 2 rings (SSSR count). The molecular formula is C15H18O3. The monoisotopic (exact) mass is 246 g/mol. The minimum Gasteiger partial charge on any atom is -0.493 e. The largest absolute Gasteiger partial charge is 0.493 e. The van der Waals surface area contributed by atoms with Crippen LogP contribution in [-0.4, -0.2) is 17.7 Å². The molecule has 0 saturated heterocycles. The van der Waals surface area contributed by atoms with Gasteiger partial charge in [-0.1, -0.05) is 25.0 Å². The number of benzene rings is 1. The molecule has 0 unspecified atom stereocenters. The Morgan fingerprint density at radius 2 is 2.17 bits per heavy atom. The van der Waals surface area contributed by atoms with Gasteiger partial charge in [0.15, 0.2) is 0 Å². The molecule has 0 amide bonds. The molecule has 0 atom stereocenters. The van der Waals surface area contributed by atoms with Crippen molar-refractivity contribution in [2.24, 2.45) is 5.92 Å². The van der Waals surface area contributed by atoms with Crippen molar-refractivity contribution >= 4 is 12.0 Å². The average molecular weight is 246 g/mol. The van der Waals surface area contributed by atoms with Crippen molar-refractivity contribution in [3.63, 3.8) is 0 Å². The lowest BCUT2D eigenvalue weighted by atomic mass is 10.1. The molecule has 1 fully saturated rings. The van der Waals surface area contributed by atoms with Crippen molar-refractivity contribution in [3.05, 3.63) is 35.9 Å². The molecule has 3 nitrogen and oxygen atoms in total. The Kier molecular flexibility index (Phi) is 4.40. The van der Waals surface area contributed by atoms with Gasteiger partial charge in [0, 0.05) is 6.08 Å². The van der Waals surface area contributed by atoms with Crippen LogP contribution in [0.15, 0.2) is 30.3 Å². The van der Waals surface area contributed by atoms with E-state index in [0.717, 1.165) is 24.0 Å². The SMILES string of the molecule is O=C(O)C=Cc1cccc(OCC2CCCC2)c1. The van der Waals surface area contributed by atoms with Crippen LogP contribution in [0.1, 0.15) is 31.2 Å². The third-order valence-corrected chi connectivity index (χ3v) is 3.24. The fraction of sp³-hybridized carbons (Fsp3) is 0.400. The molecule has 18 heavy (non-hydrogen) atoms. The van der Waals surface area contributed by atoms with Gasteiger partial charge < -0.3 is 9.84 Å². The number of carboxylic acids is 1. The van der Waals surface area contributed by atoms with Crippen LogP contribution < -0.4 is 4.74 Å². The fourth-order valence-corrected chi connectivity index (χ4v) is 2.27. The standard InChI is InChI=1S/C15H18O3/c16-15(17)9-8-12-6-3-7-14(10-12)18-11-13-4-1-2-5-13/h3,6-10,13H,1-2,4-5,11H2,(H,16,17). The number of hydrogen-bond donors (Lipinski definition) is 1. The van der Waals surface area contributed by atoms with Crippen LogP contribution in [0.2, 0.25) is 0 Å². The van der Waals surface area contributed by atoms with Gasteiger partial charge in [0.05, 0.1) is 6.61 Å². The van der Waals surface area contributed by atoms with Crippen LogP contribution in [-0.2, 0) is 4.79 Å². The lowest BCUT2D eigenvalue weighted by Crippen LogP contribution is -2.07. The second kappa shape index (κ2) is 6.24. The summed E-state index contributed by atoms with van der Waals surface area (Å²) in [5, 5.41) is 8.57. The summed E-state index contributed by atoms with van der Waals surface area (Å²) in [6, 6.07) is 7.52. The van der Waals surface area contributed by atoms with E-state index < -0.39 is 5.97 Å². The molecule has 0 heterocycles. The van der Waals surface area contributed by atoms with E-state index in [4.69, 9.17) is 9.84 Å². The zero-order chi connectivity index (χ0) is 12.8. The molecule has 1 aliphatic rings. The third kappa shape index (κ3) is 3.91. The summed E-state index contributed by atoms with van der Waals surface area (Å²) in [7, 11) is 0. The van der Waals surface area contributed by atoms with Crippen LogP contribution in [0.4, 0.5) is 0 Å². The smallest absolute Gasteiger partial charge is 0.328 e. The highest BCUT2D eigenvalue weighted by Gasteiger charge is 2.15. The van der Waals surface area contributed by atoms with Crippen LogP contribution in [0, 0.1) is 5.92 Å². The van der Waals surface area contributed by atoms with Crippen molar-refractivity contribution in [1.82, 2.24) is 0 Å². The Labute approximate surface area is 107 Å². The average Bonchev–Trinajstić information content (AvgIpc) is 2.87. The Morgan fingerprint density at radius 1 is 1.39 bits per heavy atom. The highest BCUT2D eigenvalue weighted by atomic mass is 16.5. The molecule has 1 aliphatic carbocycles. The molecule has 0 radical (unpaired) electrons. The van der Waals surface area contributed by atoms with E-state index in [1.54, 1.807) is 6.08 Å². The van der Waals surface area contributed by atoms with E-state index >= 15 is 0 Å². The van der Waals surface area contributed by atoms with E-state index in [9.17, 15) is 4.79 Å². The van der Waals surface area contributed by atoms with E-state index in [0.29, 0.717) is 5.92 Å². The first kappa shape index (κ1) is 12.7. The van der Waals surface area contributed by atoms with E-state index in [2.05, 4.69) is 0 Å². The van der Waals surface area contributed by atoms with Gasteiger partial charge in [-0.05, 0) is 42.5 Å². The quantitative estimate of drug-likeness (QED) is 0.810. The highest BCUT2D eigenvalue weighted by Crippen LogP contribution is 2.25. The molecule has 1 N–H and O–H groups in total. The maximum Gasteiger partial charge on any atom is 0.328 e. The second-order valence-electron chi connectivity index (χ2n) is 4.71. The van der Waals surface area contributed by atoms with Crippen molar-refractivity contribution < 1.29 is 14.6 Å². The predicted octanol–water partition coefficient (Wildman–Crippen LogP) is 3.35. The van der Waals surface area contributed by atoms with Gasteiger partial charge in [-0.3, -0.25) is 0 Å². The number of carboxylic acid groups (broad SMARTS) is 1. The molecule has 1 saturated carbocycles. The van der Waals surface area contributed by atoms with Gasteiger partial charge in [0.25, 0.3) is 0 Å². The molecular weight excluding hydrogens is 228 g/mol. The number of rotatable bonds is 5. The zero-order valence-corrected chi connectivity index (χ0v) is 10.3. The Hall–Kier alpha value is -1.77. The summed E-state index contributed by atoms with van der Waals surface area (Å²) in [6.45, 7) is 0.770. The minimum atomic E-state index is -0.938. The molecule has 0 bridgehead atoms. The number of ether oxygens (including phenoxy) is 1. The van der Waals surface area contributed by atoms with Crippen molar-refractivity contribution in [3.8, 4) is 5.75 Å². The lowest BCUT2D eigenvalue weighted by Gasteiger charge is -2.11. The van der Waals surface area contributed by atoms with E-state index in [1.807, 2.05) is 24.3 Å². The van der Waals surface area contributed by atoms with Gasteiger partial charge in [0.2, 0.25) is 0 Å². The molecule has 3 heteroatoms. The number of hydrogen-bond acceptors (Lipinski definition) is 2. The zero-order valence-electron chi connectivity index (χ0n) is 10.3. The lowest BCUT2D eigenvalue weighted by molar-refractivity contribution is -0.131. The summed E-state index contributed by atoms with van der Waals surface area (Å²) in [5.74, 6) is 0.560. The van der Waals surface area contributed by atoms with Crippen molar-refractivity contribution in [1.29, 1.82) is 0 Å². The van der Waals surface area contributed by atoms with Gasteiger partial charge in [-0.25, -0.2) is 4.79 Å². The van der Waals surface area contributed by atoms with Gasteiger partial charge >= 0.3 is 5.97 Å².